The molecule has 0 saturated heterocycles. The quantitative estimate of drug-likeness (QED) is 0.237. The topological polar surface area (TPSA) is 70.3 Å². The number of aromatic nitrogens is 2. The fourth-order valence-electron chi connectivity index (χ4n) is 5.80. The molecule has 7 heteroatoms. The van der Waals surface area contributed by atoms with Crippen LogP contribution in [0, 0.1) is 0 Å². The first kappa shape index (κ1) is 25.1. The number of aryl methyl sites for hydroxylation is 1. The molecule has 6 rings (SSSR count). The van der Waals surface area contributed by atoms with Crippen LogP contribution in [0.15, 0.2) is 77.6 Å². The molecule has 0 unspecified atom stereocenters. The van der Waals surface area contributed by atoms with Gasteiger partial charge in [0.1, 0.15) is 12.3 Å². The molecule has 0 aliphatic heterocycles. The molecular formula is C32H27ClN2O4. The molecule has 0 radical (unpaired) electrons. The van der Waals surface area contributed by atoms with Crippen molar-refractivity contribution in [1.29, 1.82) is 0 Å². The number of ether oxygens (including phenoxy) is 1. The van der Waals surface area contributed by atoms with Crippen LogP contribution in [0.2, 0.25) is 5.02 Å². The number of pyridine rings is 1. The Morgan fingerprint density at radius 1 is 0.872 bits per heavy atom. The fourth-order valence-corrected chi connectivity index (χ4v) is 5.93. The van der Waals surface area contributed by atoms with Crippen LogP contribution in [-0.4, -0.2) is 27.6 Å². The summed E-state index contributed by atoms with van der Waals surface area (Å²) in [6, 6.07) is 22.3. The van der Waals surface area contributed by atoms with E-state index in [-0.39, 0.29) is 30.2 Å². The molecule has 0 spiro atoms. The second kappa shape index (κ2) is 10.2. The fraction of sp³-hybridized carbons (Fsp3) is 0.219. The number of carbonyl (C=O) groups is 2. The molecule has 6 nitrogen and oxygen atoms in total. The molecule has 3 aromatic carbocycles. The summed E-state index contributed by atoms with van der Waals surface area (Å²) in [6.45, 7) is -0.0972. The van der Waals surface area contributed by atoms with E-state index in [2.05, 4.69) is 6.07 Å². The maximum Gasteiger partial charge on any atom is 0.355 e. The molecule has 0 N–H and O–H groups in total. The average Bonchev–Trinajstić information content (AvgIpc) is 3.30. The van der Waals surface area contributed by atoms with Gasteiger partial charge >= 0.3 is 5.97 Å². The number of para-hydroxylation sites is 1. The third kappa shape index (κ3) is 4.35. The van der Waals surface area contributed by atoms with Gasteiger partial charge in [0.05, 0.1) is 11.9 Å². The largest absolute Gasteiger partial charge is 0.460 e. The Morgan fingerprint density at radius 2 is 1.54 bits per heavy atom. The summed E-state index contributed by atoms with van der Waals surface area (Å²) in [5.41, 5.74) is 4.39. The van der Waals surface area contributed by atoms with Crippen molar-refractivity contribution in [3.63, 3.8) is 0 Å². The molecular weight excluding hydrogens is 512 g/mol. The molecule has 1 aliphatic rings. The van der Waals surface area contributed by atoms with Crippen molar-refractivity contribution >= 4 is 45.2 Å². The van der Waals surface area contributed by atoms with E-state index in [4.69, 9.17) is 16.3 Å². The van der Waals surface area contributed by atoms with Gasteiger partial charge in [-0.1, -0.05) is 60.1 Å². The highest BCUT2D eigenvalue weighted by Gasteiger charge is 2.25. The van der Waals surface area contributed by atoms with Gasteiger partial charge in [0.25, 0.3) is 5.56 Å². The van der Waals surface area contributed by atoms with Crippen molar-refractivity contribution in [2.75, 3.05) is 6.61 Å². The first-order valence-electron chi connectivity index (χ1n) is 13.1. The Kier molecular flexibility index (Phi) is 6.57. The van der Waals surface area contributed by atoms with Crippen molar-refractivity contribution in [3.8, 4) is 11.1 Å². The SMILES string of the molecule is Cn1c(C(=O)OCCC(=O)n2c3c(c4ccccc42)CCCC3)c(-c2ccc(Cl)cc2)c2ccccc2c1=O. The van der Waals surface area contributed by atoms with Crippen LogP contribution in [0.1, 0.15) is 45.8 Å². The Labute approximate surface area is 230 Å². The Balaban J connectivity index is 1.32. The lowest BCUT2D eigenvalue weighted by atomic mass is 9.95. The van der Waals surface area contributed by atoms with Gasteiger partial charge in [-0.3, -0.25) is 14.2 Å². The average molecular weight is 539 g/mol. The number of hydrogen-bond acceptors (Lipinski definition) is 4. The number of nitrogens with zero attached hydrogens (tertiary/aromatic N) is 2. The molecule has 0 bridgehead atoms. The maximum absolute atomic E-state index is 13.5. The normalized spacial score (nSPS) is 13.0. The van der Waals surface area contributed by atoms with Crippen molar-refractivity contribution in [1.82, 2.24) is 9.13 Å². The summed E-state index contributed by atoms with van der Waals surface area (Å²) >= 11 is 6.12. The molecule has 2 heterocycles. The van der Waals surface area contributed by atoms with E-state index in [1.54, 1.807) is 31.3 Å². The predicted octanol–water partition coefficient (Wildman–Crippen LogP) is 6.58. The van der Waals surface area contributed by atoms with Gasteiger partial charge in [0, 0.05) is 34.1 Å². The highest BCUT2D eigenvalue weighted by Crippen LogP contribution is 2.33. The summed E-state index contributed by atoms with van der Waals surface area (Å²) in [4.78, 5) is 40.1. The van der Waals surface area contributed by atoms with E-state index in [0.717, 1.165) is 47.8 Å². The lowest BCUT2D eigenvalue weighted by molar-refractivity contribution is 0.0479. The van der Waals surface area contributed by atoms with Crippen LogP contribution in [0.3, 0.4) is 0 Å². The highest BCUT2D eigenvalue weighted by atomic mass is 35.5. The van der Waals surface area contributed by atoms with Gasteiger partial charge in [0.15, 0.2) is 0 Å². The number of rotatable bonds is 5. The molecule has 2 aromatic heterocycles. The molecule has 196 valence electrons. The minimum atomic E-state index is -0.655. The third-order valence-corrected chi connectivity index (χ3v) is 7.86. The minimum Gasteiger partial charge on any atom is -0.460 e. The van der Waals surface area contributed by atoms with Crippen molar-refractivity contribution in [2.24, 2.45) is 7.05 Å². The van der Waals surface area contributed by atoms with Crippen molar-refractivity contribution < 1.29 is 14.3 Å². The Bertz CT molecular complexity index is 1810. The van der Waals surface area contributed by atoms with Crippen molar-refractivity contribution in [3.05, 3.63) is 105 Å². The second-order valence-electron chi connectivity index (χ2n) is 9.90. The molecule has 0 amide bonds. The van der Waals surface area contributed by atoms with Crippen LogP contribution >= 0.6 is 11.6 Å². The summed E-state index contributed by atoms with van der Waals surface area (Å²) in [5, 5.41) is 2.84. The Morgan fingerprint density at radius 3 is 2.31 bits per heavy atom. The third-order valence-electron chi connectivity index (χ3n) is 7.61. The van der Waals surface area contributed by atoms with E-state index in [0.29, 0.717) is 21.4 Å². The lowest BCUT2D eigenvalue weighted by Gasteiger charge is -2.17. The number of esters is 1. The number of halogens is 1. The molecule has 0 fully saturated rings. The molecule has 1 aliphatic carbocycles. The van der Waals surface area contributed by atoms with Crippen LogP contribution in [0.5, 0.6) is 0 Å². The lowest BCUT2D eigenvalue weighted by Crippen LogP contribution is -2.26. The van der Waals surface area contributed by atoms with Crippen LogP contribution in [0.4, 0.5) is 0 Å². The zero-order valence-electron chi connectivity index (χ0n) is 21.6. The smallest absolute Gasteiger partial charge is 0.355 e. The summed E-state index contributed by atoms with van der Waals surface area (Å²) in [7, 11) is 1.56. The minimum absolute atomic E-state index is 0.0364. The van der Waals surface area contributed by atoms with Gasteiger partial charge in [0.2, 0.25) is 5.91 Å². The van der Waals surface area contributed by atoms with Gasteiger partial charge in [-0.15, -0.1) is 0 Å². The summed E-state index contributed by atoms with van der Waals surface area (Å²) < 4.78 is 8.80. The molecule has 39 heavy (non-hydrogen) atoms. The number of fused-ring (bicyclic) bond motifs is 4. The zero-order valence-corrected chi connectivity index (χ0v) is 22.3. The van der Waals surface area contributed by atoms with Gasteiger partial charge < -0.3 is 9.30 Å². The van der Waals surface area contributed by atoms with Crippen LogP contribution < -0.4 is 5.56 Å². The standard InChI is InChI=1S/C32H27ClN2O4/c1-34-30(29(20-14-16-21(33)17-15-20)24-10-2-3-11-25(24)31(34)37)32(38)39-19-18-28(36)35-26-12-6-4-8-22(26)23-9-5-7-13-27(23)35/h2-4,6,8,10-12,14-17H,5,7,9,13,18-19H2,1H3. The highest BCUT2D eigenvalue weighted by molar-refractivity contribution is 6.30. The molecule has 0 saturated carbocycles. The predicted molar refractivity (Wildman–Crippen MR) is 154 cm³/mol. The molecule has 5 aromatic rings. The van der Waals surface area contributed by atoms with E-state index >= 15 is 0 Å². The first-order valence-corrected chi connectivity index (χ1v) is 13.5. The van der Waals surface area contributed by atoms with Gasteiger partial charge in [-0.2, -0.15) is 0 Å². The van der Waals surface area contributed by atoms with E-state index in [1.807, 2.05) is 47.0 Å². The number of hydrogen-bond donors (Lipinski definition) is 0. The second-order valence-corrected chi connectivity index (χ2v) is 10.3. The number of carbonyl (C=O) groups excluding carboxylic acids is 2. The van der Waals surface area contributed by atoms with Crippen molar-refractivity contribution in [2.45, 2.75) is 32.1 Å². The maximum atomic E-state index is 13.5. The molecule has 0 atom stereocenters. The number of benzene rings is 3. The monoisotopic (exact) mass is 538 g/mol. The van der Waals surface area contributed by atoms with Crippen LogP contribution in [-0.2, 0) is 24.6 Å². The van der Waals surface area contributed by atoms with Gasteiger partial charge in [-0.05, 0) is 66.5 Å². The van der Waals surface area contributed by atoms with E-state index < -0.39 is 5.97 Å². The van der Waals surface area contributed by atoms with E-state index in [9.17, 15) is 14.4 Å². The van der Waals surface area contributed by atoms with Gasteiger partial charge in [-0.25, -0.2) is 4.79 Å². The summed E-state index contributed by atoms with van der Waals surface area (Å²) in [6.07, 6.45) is 4.03. The van der Waals surface area contributed by atoms with E-state index in [1.165, 1.54) is 10.1 Å². The summed E-state index contributed by atoms with van der Waals surface area (Å²) in [5.74, 6) is -0.759. The first-order chi connectivity index (χ1) is 19.0. The zero-order chi connectivity index (χ0) is 27.1. The Hall–Kier alpha value is -4.16. The van der Waals surface area contributed by atoms with Crippen LogP contribution in [0.25, 0.3) is 32.8 Å².